The lowest BCUT2D eigenvalue weighted by Crippen LogP contribution is -2.34. The molecule has 1 aromatic rings. The Morgan fingerprint density at radius 3 is 2.18 bits per heavy atom. The minimum absolute atomic E-state index is 0.0406. The van der Waals surface area contributed by atoms with Crippen LogP contribution in [-0.4, -0.2) is 11.9 Å². The second-order valence-electron chi connectivity index (χ2n) is 4.56. The maximum Gasteiger partial charge on any atom is 0.228 e. The van der Waals surface area contributed by atoms with E-state index in [9.17, 15) is 4.79 Å². The van der Waals surface area contributed by atoms with Gasteiger partial charge in [0, 0.05) is 16.2 Å². The van der Waals surface area contributed by atoms with E-state index in [1.807, 2.05) is 39.8 Å². The van der Waals surface area contributed by atoms with Crippen molar-refractivity contribution in [1.29, 1.82) is 0 Å². The highest BCUT2D eigenvalue weighted by atomic mass is 79.9. The number of carbonyl (C=O) groups excluding carboxylic acids is 1. The summed E-state index contributed by atoms with van der Waals surface area (Å²) < 4.78 is 1.08. The smallest absolute Gasteiger partial charge is 0.228 e. The number of hydrogen-bond donors (Lipinski definition) is 2. The average Bonchev–Trinajstić information content (AvgIpc) is 2.24. The number of amides is 1. The summed E-state index contributed by atoms with van der Waals surface area (Å²) in [5.74, 6) is -0.236. The zero-order valence-electron chi connectivity index (χ0n) is 10.7. The quantitative estimate of drug-likeness (QED) is 0.901. The molecule has 1 amide bonds. The fourth-order valence-corrected chi connectivity index (χ4v) is 1.74. The van der Waals surface area contributed by atoms with Crippen molar-refractivity contribution in [1.82, 2.24) is 0 Å². The van der Waals surface area contributed by atoms with E-state index >= 15 is 0 Å². The second-order valence-corrected chi connectivity index (χ2v) is 5.35. The monoisotopic (exact) mass is 298 g/mol. The molecule has 0 aliphatic carbocycles. The third-order valence-corrected chi connectivity index (χ3v) is 4.16. The fraction of sp³-hybridized carbons (Fsp3) is 0.462. The summed E-state index contributed by atoms with van der Waals surface area (Å²) in [6.45, 7) is 7.67. The number of nitrogens with one attached hydrogen (secondary N) is 1. The van der Waals surface area contributed by atoms with Crippen LogP contribution in [0.15, 0.2) is 16.6 Å². The lowest BCUT2D eigenvalue weighted by molar-refractivity contribution is -0.119. The van der Waals surface area contributed by atoms with Crippen molar-refractivity contribution >= 4 is 27.5 Å². The molecule has 2 atom stereocenters. The number of rotatable bonds is 3. The Morgan fingerprint density at radius 2 is 1.76 bits per heavy atom. The predicted octanol–water partition coefficient (Wildman–Crippen LogP) is 2.99. The number of nitrogens with two attached hydrogens (primary N) is 1. The van der Waals surface area contributed by atoms with Gasteiger partial charge in [0.05, 0.1) is 5.92 Å². The van der Waals surface area contributed by atoms with Crippen LogP contribution in [-0.2, 0) is 4.79 Å². The maximum atomic E-state index is 11.9. The SMILES string of the molecule is Cc1cc(NC(=O)C(C)C(C)N)cc(C)c1Br. The van der Waals surface area contributed by atoms with Gasteiger partial charge in [-0.25, -0.2) is 0 Å². The highest BCUT2D eigenvalue weighted by molar-refractivity contribution is 9.10. The van der Waals surface area contributed by atoms with E-state index in [0.717, 1.165) is 21.3 Å². The van der Waals surface area contributed by atoms with Gasteiger partial charge < -0.3 is 11.1 Å². The van der Waals surface area contributed by atoms with Crippen molar-refractivity contribution < 1.29 is 4.79 Å². The third-order valence-electron chi connectivity index (χ3n) is 2.91. The summed E-state index contributed by atoms with van der Waals surface area (Å²) in [5.41, 5.74) is 8.74. The van der Waals surface area contributed by atoms with Gasteiger partial charge in [-0.15, -0.1) is 0 Å². The molecule has 0 saturated carbocycles. The number of halogens is 1. The Morgan fingerprint density at radius 1 is 1.29 bits per heavy atom. The highest BCUT2D eigenvalue weighted by Gasteiger charge is 2.17. The summed E-state index contributed by atoms with van der Waals surface area (Å²) in [4.78, 5) is 11.9. The van der Waals surface area contributed by atoms with Crippen LogP contribution in [0.25, 0.3) is 0 Å². The first-order chi connectivity index (χ1) is 7.82. The Labute approximate surface area is 111 Å². The van der Waals surface area contributed by atoms with E-state index in [0.29, 0.717) is 0 Å². The Kier molecular flexibility index (Phi) is 4.71. The number of anilines is 1. The van der Waals surface area contributed by atoms with Gasteiger partial charge in [-0.1, -0.05) is 22.9 Å². The number of carbonyl (C=O) groups is 1. The van der Waals surface area contributed by atoms with Crippen molar-refractivity contribution in [3.05, 3.63) is 27.7 Å². The van der Waals surface area contributed by atoms with Gasteiger partial charge in [0.1, 0.15) is 0 Å². The van der Waals surface area contributed by atoms with Crippen LogP contribution in [0.1, 0.15) is 25.0 Å². The van der Waals surface area contributed by atoms with Crippen molar-refractivity contribution in [3.8, 4) is 0 Å². The molecule has 17 heavy (non-hydrogen) atoms. The first kappa shape index (κ1) is 14.2. The van der Waals surface area contributed by atoms with Crippen LogP contribution in [0, 0.1) is 19.8 Å². The zero-order chi connectivity index (χ0) is 13.2. The van der Waals surface area contributed by atoms with E-state index in [2.05, 4.69) is 21.2 Å². The van der Waals surface area contributed by atoms with E-state index in [1.54, 1.807) is 0 Å². The summed E-state index contributed by atoms with van der Waals surface area (Å²) in [5, 5.41) is 2.89. The molecule has 3 nitrogen and oxygen atoms in total. The molecule has 0 heterocycles. The van der Waals surface area contributed by atoms with E-state index in [1.165, 1.54) is 0 Å². The van der Waals surface area contributed by atoms with E-state index in [-0.39, 0.29) is 17.9 Å². The van der Waals surface area contributed by atoms with Crippen LogP contribution in [0.5, 0.6) is 0 Å². The molecule has 0 bridgehead atoms. The standard InChI is InChI=1S/C13H19BrN2O/c1-7-5-11(6-8(2)12(7)14)16-13(17)9(3)10(4)15/h5-6,9-10H,15H2,1-4H3,(H,16,17). The van der Waals surface area contributed by atoms with Crippen LogP contribution >= 0.6 is 15.9 Å². The number of aryl methyl sites for hydroxylation is 2. The molecule has 3 N–H and O–H groups in total. The van der Waals surface area contributed by atoms with Gasteiger partial charge in [0.2, 0.25) is 5.91 Å². The topological polar surface area (TPSA) is 55.1 Å². The molecule has 4 heteroatoms. The molecule has 2 unspecified atom stereocenters. The van der Waals surface area contributed by atoms with Crippen LogP contribution < -0.4 is 11.1 Å². The molecule has 1 rings (SSSR count). The first-order valence-corrected chi connectivity index (χ1v) is 6.45. The number of benzene rings is 1. The van der Waals surface area contributed by atoms with Crippen LogP contribution in [0.3, 0.4) is 0 Å². The number of hydrogen-bond acceptors (Lipinski definition) is 2. The molecule has 0 radical (unpaired) electrons. The third kappa shape index (κ3) is 3.54. The molecule has 0 spiro atoms. The van der Waals surface area contributed by atoms with E-state index in [4.69, 9.17) is 5.73 Å². The molecule has 0 fully saturated rings. The molecular weight excluding hydrogens is 280 g/mol. The van der Waals surface area contributed by atoms with Crippen LogP contribution in [0.2, 0.25) is 0 Å². The Hall–Kier alpha value is -0.870. The molecule has 0 aromatic heterocycles. The maximum absolute atomic E-state index is 11.9. The summed E-state index contributed by atoms with van der Waals surface area (Å²) in [6.07, 6.45) is 0. The van der Waals surface area contributed by atoms with Crippen molar-refractivity contribution in [3.63, 3.8) is 0 Å². The van der Waals surface area contributed by atoms with Gasteiger partial charge in [-0.2, -0.15) is 0 Å². The minimum atomic E-state index is -0.195. The molecule has 0 aliphatic rings. The fourth-order valence-electron chi connectivity index (χ4n) is 1.51. The predicted molar refractivity (Wildman–Crippen MR) is 75.1 cm³/mol. The molecular formula is C13H19BrN2O. The Balaban J connectivity index is 2.86. The van der Waals surface area contributed by atoms with Gasteiger partial charge in [0.25, 0.3) is 0 Å². The zero-order valence-corrected chi connectivity index (χ0v) is 12.3. The Bertz CT molecular complexity index is 406. The molecule has 0 saturated heterocycles. The average molecular weight is 299 g/mol. The van der Waals surface area contributed by atoms with Gasteiger partial charge in [-0.3, -0.25) is 4.79 Å². The lowest BCUT2D eigenvalue weighted by Gasteiger charge is -2.16. The highest BCUT2D eigenvalue weighted by Crippen LogP contribution is 2.25. The van der Waals surface area contributed by atoms with Crippen molar-refractivity contribution in [2.75, 3.05) is 5.32 Å². The summed E-state index contributed by atoms with van der Waals surface area (Å²) in [7, 11) is 0. The van der Waals surface area contributed by atoms with Crippen molar-refractivity contribution in [2.45, 2.75) is 33.7 Å². The molecule has 94 valence electrons. The first-order valence-electron chi connectivity index (χ1n) is 5.66. The summed E-state index contributed by atoms with van der Waals surface area (Å²) >= 11 is 3.50. The largest absolute Gasteiger partial charge is 0.327 e. The van der Waals surface area contributed by atoms with E-state index < -0.39 is 0 Å². The summed E-state index contributed by atoms with van der Waals surface area (Å²) in [6, 6.07) is 3.75. The minimum Gasteiger partial charge on any atom is -0.327 e. The lowest BCUT2D eigenvalue weighted by atomic mass is 10.0. The van der Waals surface area contributed by atoms with Gasteiger partial charge in [0.15, 0.2) is 0 Å². The van der Waals surface area contributed by atoms with Crippen LogP contribution in [0.4, 0.5) is 5.69 Å². The van der Waals surface area contributed by atoms with Crippen molar-refractivity contribution in [2.24, 2.45) is 11.7 Å². The molecule has 1 aromatic carbocycles. The normalized spacial score (nSPS) is 14.2. The molecule has 0 aliphatic heterocycles. The van der Waals surface area contributed by atoms with Gasteiger partial charge >= 0.3 is 0 Å². The second kappa shape index (κ2) is 5.65. The van der Waals surface area contributed by atoms with Gasteiger partial charge in [-0.05, 0) is 44.0 Å².